The Labute approximate surface area is 130 Å². The summed E-state index contributed by atoms with van der Waals surface area (Å²) in [4.78, 5) is 15.9. The Morgan fingerprint density at radius 2 is 2.32 bits per heavy atom. The standard InChI is InChI=1S/C12H17N3OS.2ClH/c1-9-4-10(7-13-6-9)15-12(16)5-11-8-17-3-2-14-11;;/h4,6-7,11,14H,2-3,5,8H2,1H3,(H,15,16);2*1H. The van der Waals surface area contributed by atoms with Gasteiger partial charge in [0.05, 0.1) is 11.9 Å². The number of anilines is 1. The lowest BCUT2D eigenvalue weighted by molar-refractivity contribution is -0.116. The maximum Gasteiger partial charge on any atom is 0.226 e. The van der Waals surface area contributed by atoms with Crippen LogP contribution in [0, 0.1) is 6.92 Å². The first-order chi connectivity index (χ1) is 8.24. The topological polar surface area (TPSA) is 54.0 Å². The minimum atomic E-state index is 0. The lowest BCUT2D eigenvalue weighted by Gasteiger charge is -2.22. The zero-order chi connectivity index (χ0) is 12.1. The van der Waals surface area contributed by atoms with Gasteiger partial charge in [-0.3, -0.25) is 9.78 Å². The molecule has 2 rings (SSSR count). The van der Waals surface area contributed by atoms with Gasteiger partial charge in [0.15, 0.2) is 0 Å². The van der Waals surface area contributed by atoms with E-state index in [4.69, 9.17) is 0 Å². The number of carbonyl (C=O) groups is 1. The number of nitrogens with zero attached hydrogens (tertiary/aromatic N) is 1. The first-order valence-electron chi connectivity index (χ1n) is 5.76. The van der Waals surface area contributed by atoms with Crippen LogP contribution in [0.15, 0.2) is 18.5 Å². The van der Waals surface area contributed by atoms with E-state index in [1.54, 1.807) is 12.4 Å². The Balaban J connectivity index is 0.00000162. The minimum absolute atomic E-state index is 0. The second-order valence-corrected chi connectivity index (χ2v) is 5.38. The van der Waals surface area contributed by atoms with Crippen molar-refractivity contribution in [1.29, 1.82) is 0 Å². The summed E-state index contributed by atoms with van der Waals surface area (Å²) in [6, 6.07) is 2.22. The molecule has 1 saturated heterocycles. The van der Waals surface area contributed by atoms with Crippen molar-refractivity contribution in [1.82, 2.24) is 10.3 Å². The molecular weight excluding hydrogens is 305 g/mol. The predicted molar refractivity (Wildman–Crippen MR) is 85.8 cm³/mol. The van der Waals surface area contributed by atoms with E-state index in [1.165, 1.54) is 0 Å². The highest BCUT2D eigenvalue weighted by Crippen LogP contribution is 2.12. The smallest absolute Gasteiger partial charge is 0.226 e. The summed E-state index contributed by atoms with van der Waals surface area (Å²) < 4.78 is 0. The average Bonchev–Trinajstić information content (AvgIpc) is 2.30. The predicted octanol–water partition coefficient (Wildman–Crippen LogP) is 2.27. The molecule has 2 N–H and O–H groups in total. The number of nitrogens with one attached hydrogen (secondary N) is 2. The molecule has 108 valence electrons. The number of aromatic nitrogens is 1. The number of carbonyl (C=O) groups excluding carboxylic acids is 1. The molecule has 1 aromatic heterocycles. The third-order valence-electron chi connectivity index (χ3n) is 2.59. The van der Waals surface area contributed by atoms with E-state index < -0.39 is 0 Å². The molecule has 2 heterocycles. The van der Waals surface area contributed by atoms with Crippen LogP contribution >= 0.6 is 36.6 Å². The van der Waals surface area contributed by atoms with Crippen LogP contribution in [0.4, 0.5) is 5.69 Å². The molecule has 1 unspecified atom stereocenters. The van der Waals surface area contributed by atoms with E-state index in [-0.39, 0.29) is 30.7 Å². The SMILES string of the molecule is Cc1cncc(NC(=O)CC2CSCCN2)c1.Cl.Cl. The fourth-order valence-corrected chi connectivity index (χ4v) is 2.76. The third-order valence-corrected chi connectivity index (χ3v) is 3.72. The van der Waals surface area contributed by atoms with Crippen LogP contribution in [0.3, 0.4) is 0 Å². The fraction of sp³-hybridized carbons (Fsp3) is 0.500. The van der Waals surface area contributed by atoms with Gasteiger partial charge in [-0.05, 0) is 18.6 Å². The summed E-state index contributed by atoms with van der Waals surface area (Å²) in [6.07, 6.45) is 3.98. The molecule has 1 atom stereocenters. The third kappa shape index (κ3) is 6.47. The minimum Gasteiger partial charge on any atom is -0.325 e. The van der Waals surface area contributed by atoms with Crippen LogP contribution in [0.1, 0.15) is 12.0 Å². The van der Waals surface area contributed by atoms with Gasteiger partial charge in [0, 0.05) is 36.7 Å². The monoisotopic (exact) mass is 323 g/mol. The number of pyridine rings is 1. The molecule has 1 amide bonds. The van der Waals surface area contributed by atoms with Crippen molar-refractivity contribution in [2.45, 2.75) is 19.4 Å². The Morgan fingerprint density at radius 3 is 2.95 bits per heavy atom. The van der Waals surface area contributed by atoms with Gasteiger partial charge in [-0.15, -0.1) is 24.8 Å². The van der Waals surface area contributed by atoms with Crippen LogP contribution in [0.25, 0.3) is 0 Å². The van der Waals surface area contributed by atoms with E-state index in [0.29, 0.717) is 12.5 Å². The number of hydrogen-bond acceptors (Lipinski definition) is 4. The number of halogens is 2. The van der Waals surface area contributed by atoms with Gasteiger partial charge in [0.25, 0.3) is 0 Å². The summed E-state index contributed by atoms with van der Waals surface area (Å²) in [5, 5.41) is 6.23. The number of thioether (sulfide) groups is 1. The number of rotatable bonds is 3. The molecule has 1 aliphatic rings. The van der Waals surface area contributed by atoms with E-state index in [2.05, 4.69) is 15.6 Å². The molecule has 4 nitrogen and oxygen atoms in total. The van der Waals surface area contributed by atoms with Crippen molar-refractivity contribution in [2.75, 3.05) is 23.4 Å². The molecule has 0 aromatic carbocycles. The quantitative estimate of drug-likeness (QED) is 0.896. The zero-order valence-electron chi connectivity index (χ0n) is 10.7. The van der Waals surface area contributed by atoms with Crippen molar-refractivity contribution < 1.29 is 4.79 Å². The van der Waals surface area contributed by atoms with Crippen LogP contribution in [-0.2, 0) is 4.79 Å². The van der Waals surface area contributed by atoms with E-state index in [0.717, 1.165) is 29.3 Å². The first kappa shape index (κ1) is 18.5. The fourth-order valence-electron chi connectivity index (χ4n) is 1.81. The lowest BCUT2D eigenvalue weighted by Crippen LogP contribution is -2.39. The Hall–Kier alpha value is -0.490. The molecule has 0 bridgehead atoms. The summed E-state index contributed by atoms with van der Waals surface area (Å²) in [6.45, 7) is 2.95. The average molecular weight is 324 g/mol. The summed E-state index contributed by atoms with van der Waals surface area (Å²) >= 11 is 1.90. The van der Waals surface area contributed by atoms with Crippen LogP contribution in [-0.4, -0.2) is 35.0 Å². The summed E-state index contributed by atoms with van der Waals surface area (Å²) in [7, 11) is 0. The number of hydrogen-bond donors (Lipinski definition) is 2. The van der Waals surface area contributed by atoms with Gasteiger partial charge in [0.2, 0.25) is 5.91 Å². The molecule has 0 aliphatic carbocycles. The maximum atomic E-state index is 11.8. The largest absolute Gasteiger partial charge is 0.325 e. The number of amides is 1. The molecular formula is C12H19Cl2N3OS. The van der Waals surface area contributed by atoms with Crippen molar-refractivity contribution >= 4 is 48.2 Å². The normalized spacial score (nSPS) is 17.8. The Bertz CT molecular complexity index is 400. The lowest BCUT2D eigenvalue weighted by atomic mass is 10.2. The van der Waals surface area contributed by atoms with Crippen LogP contribution in [0.5, 0.6) is 0 Å². The van der Waals surface area contributed by atoms with Crippen LogP contribution in [0.2, 0.25) is 0 Å². The second-order valence-electron chi connectivity index (χ2n) is 4.23. The molecule has 7 heteroatoms. The van der Waals surface area contributed by atoms with Gasteiger partial charge in [-0.2, -0.15) is 11.8 Å². The van der Waals surface area contributed by atoms with Crippen LogP contribution < -0.4 is 10.6 Å². The van der Waals surface area contributed by atoms with Crippen molar-refractivity contribution in [3.8, 4) is 0 Å². The molecule has 1 aliphatic heterocycles. The zero-order valence-corrected chi connectivity index (χ0v) is 13.2. The van der Waals surface area contributed by atoms with Gasteiger partial charge in [-0.25, -0.2) is 0 Å². The van der Waals surface area contributed by atoms with Gasteiger partial charge < -0.3 is 10.6 Å². The Morgan fingerprint density at radius 1 is 1.53 bits per heavy atom. The van der Waals surface area contributed by atoms with Gasteiger partial charge in [0.1, 0.15) is 0 Å². The van der Waals surface area contributed by atoms with Gasteiger partial charge >= 0.3 is 0 Å². The van der Waals surface area contributed by atoms with E-state index >= 15 is 0 Å². The molecule has 0 saturated carbocycles. The van der Waals surface area contributed by atoms with Crippen molar-refractivity contribution in [3.05, 3.63) is 24.0 Å². The highest BCUT2D eigenvalue weighted by Gasteiger charge is 2.16. The maximum absolute atomic E-state index is 11.8. The summed E-state index contributed by atoms with van der Waals surface area (Å²) in [5.41, 5.74) is 1.83. The highest BCUT2D eigenvalue weighted by atomic mass is 35.5. The first-order valence-corrected chi connectivity index (χ1v) is 6.92. The molecule has 0 radical (unpaired) electrons. The van der Waals surface area contributed by atoms with Gasteiger partial charge in [-0.1, -0.05) is 0 Å². The Kier molecular flexibility index (Phi) is 9.18. The summed E-state index contributed by atoms with van der Waals surface area (Å²) in [5.74, 6) is 2.21. The molecule has 0 spiro atoms. The molecule has 1 fully saturated rings. The van der Waals surface area contributed by atoms with E-state index in [1.807, 2.05) is 24.8 Å². The van der Waals surface area contributed by atoms with Crippen molar-refractivity contribution in [2.24, 2.45) is 0 Å². The number of aryl methyl sites for hydroxylation is 1. The van der Waals surface area contributed by atoms with Crippen molar-refractivity contribution in [3.63, 3.8) is 0 Å². The molecule has 19 heavy (non-hydrogen) atoms. The molecule has 1 aromatic rings. The second kappa shape index (κ2) is 9.42. The highest BCUT2D eigenvalue weighted by molar-refractivity contribution is 7.99. The van der Waals surface area contributed by atoms with E-state index in [9.17, 15) is 4.79 Å².